The van der Waals surface area contributed by atoms with Gasteiger partial charge in [-0.05, 0) is 41.8 Å². The van der Waals surface area contributed by atoms with Crippen LogP contribution in [0.2, 0.25) is 0 Å². The monoisotopic (exact) mass is 444 g/mol. The molecule has 0 spiro atoms. The number of rotatable bonds is 10. The van der Waals surface area contributed by atoms with E-state index in [0.29, 0.717) is 19.4 Å². The molecule has 0 bridgehead atoms. The summed E-state index contributed by atoms with van der Waals surface area (Å²) >= 11 is 0. The fourth-order valence-electron chi connectivity index (χ4n) is 4.20. The van der Waals surface area contributed by atoms with Crippen molar-refractivity contribution in [3.8, 4) is 5.75 Å². The summed E-state index contributed by atoms with van der Waals surface area (Å²) in [5.74, 6) is 1.61. The summed E-state index contributed by atoms with van der Waals surface area (Å²) in [4.78, 5) is 4.68. The minimum Gasteiger partial charge on any atom is -0.491 e. The maximum absolute atomic E-state index is 10.7. The van der Waals surface area contributed by atoms with E-state index in [1.165, 1.54) is 11.1 Å². The third kappa shape index (κ3) is 5.27. The molecule has 0 radical (unpaired) electrons. The molecule has 0 amide bonds. The summed E-state index contributed by atoms with van der Waals surface area (Å²) in [6.45, 7) is 5.12. The largest absolute Gasteiger partial charge is 0.491 e. The Hall–Kier alpha value is -3.15. The summed E-state index contributed by atoms with van der Waals surface area (Å²) < 4.78 is 7.93. The molecule has 33 heavy (non-hydrogen) atoms. The number of imidazole rings is 1. The molecule has 0 saturated heterocycles. The van der Waals surface area contributed by atoms with Gasteiger partial charge < -0.3 is 19.5 Å². The zero-order valence-electron chi connectivity index (χ0n) is 19.3. The number of fused-ring (bicyclic) bond motifs is 1. The molecule has 5 heteroatoms. The lowest BCUT2D eigenvalue weighted by atomic mass is 9.78. The molecule has 4 rings (SSSR count). The van der Waals surface area contributed by atoms with E-state index in [2.05, 4.69) is 55.2 Å². The molecule has 1 aromatic heterocycles. The van der Waals surface area contributed by atoms with Gasteiger partial charge in [-0.2, -0.15) is 0 Å². The minimum atomic E-state index is -0.684. The highest BCUT2D eigenvalue weighted by atomic mass is 16.5. The van der Waals surface area contributed by atoms with Gasteiger partial charge in [-0.3, -0.25) is 0 Å². The Kier molecular flexibility index (Phi) is 7.11. The molecule has 0 fully saturated rings. The maximum atomic E-state index is 10.7. The molecule has 5 nitrogen and oxygen atoms in total. The zero-order chi connectivity index (χ0) is 23.3. The standard InChI is InChI=1S/C28H32N2O3/c1-28(2,21-9-4-3-5-10-21)22-14-16-24(17-15-22)33-20-23(32)19-30-26-12-7-6-11-25(26)29-27(30)13-8-18-31/h3-7,9-12,14-17,23,31-32H,8,13,18-20H2,1-2H3. The van der Waals surface area contributed by atoms with E-state index in [9.17, 15) is 10.2 Å². The Labute approximate surface area is 195 Å². The van der Waals surface area contributed by atoms with E-state index in [1.807, 2.05) is 47.0 Å². The van der Waals surface area contributed by atoms with Crippen molar-refractivity contribution in [1.29, 1.82) is 0 Å². The van der Waals surface area contributed by atoms with Crippen LogP contribution in [0.25, 0.3) is 11.0 Å². The van der Waals surface area contributed by atoms with E-state index < -0.39 is 6.10 Å². The quantitative estimate of drug-likeness (QED) is 0.371. The second kappa shape index (κ2) is 10.2. The third-order valence-electron chi connectivity index (χ3n) is 6.20. The molecule has 0 saturated carbocycles. The first-order chi connectivity index (χ1) is 16.0. The van der Waals surface area contributed by atoms with Crippen LogP contribution in [0.5, 0.6) is 5.75 Å². The van der Waals surface area contributed by atoms with Crippen LogP contribution in [-0.2, 0) is 18.4 Å². The molecule has 4 aromatic rings. The molecule has 1 atom stereocenters. The molecule has 0 aliphatic rings. The molecular formula is C28H32N2O3. The van der Waals surface area contributed by atoms with Crippen LogP contribution in [-0.4, -0.2) is 39.1 Å². The Bertz CT molecular complexity index is 1170. The van der Waals surface area contributed by atoms with Crippen molar-refractivity contribution in [3.63, 3.8) is 0 Å². The molecule has 0 aliphatic carbocycles. The number of aryl methyl sites for hydroxylation is 1. The SMILES string of the molecule is CC(C)(c1ccccc1)c1ccc(OCC(O)Cn2c(CCCO)nc3ccccc32)cc1. The number of nitrogens with zero attached hydrogens (tertiary/aromatic N) is 2. The summed E-state index contributed by atoms with van der Waals surface area (Å²) in [6.07, 6.45) is 0.620. The predicted octanol–water partition coefficient (Wildman–Crippen LogP) is 4.73. The van der Waals surface area contributed by atoms with Crippen LogP contribution in [0.4, 0.5) is 0 Å². The normalized spacial score (nSPS) is 12.7. The van der Waals surface area contributed by atoms with E-state index in [4.69, 9.17) is 4.74 Å². The van der Waals surface area contributed by atoms with Crippen molar-refractivity contribution in [2.75, 3.05) is 13.2 Å². The average Bonchev–Trinajstić information content (AvgIpc) is 3.19. The van der Waals surface area contributed by atoms with Crippen molar-refractivity contribution in [3.05, 3.63) is 95.8 Å². The first kappa shape index (κ1) is 23.0. The van der Waals surface area contributed by atoms with Crippen molar-refractivity contribution in [2.45, 2.75) is 44.8 Å². The highest BCUT2D eigenvalue weighted by Gasteiger charge is 2.22. The van der Waals surface area contributed by atoms with Crippen LogP contribution in [0, 0.1) is 0 Å². The van der Waals surface area contributed by atoms with Crippen molar-refractivity contribution < 1.29 is 14.9 Å². The number of hydrogen-bond donors (Lipinski definition) is 2. The first-order valence-corrected chi connectivity index (χ1v) is 11.5. The van der Waals surface area contributed by atoms with E-state index in [-0.39, 0.29) is 18.6 Å². The van der Waals surface area contributed by atoms with Gasteiger partial charge in [-0.15, -0.1) is 0 Å². The number of aliphatic hydroxyl groups excluding tert-OH is 2. The van der Waals surface area contributed by atoms with Crippen molar-refractivity contribution >= 4 is 11.0 Å². The lowest BCUT2D eigenvalue weighted by Crippen LogP contribution is -2.24. The number of ether oxygens (including phenoxy) is 1. The Morgan fingerprint density at radius 1 is 0.909 bits per heavy atom. The van der Waals surface area contributed by atoms with Gasteiger partial charge >= 0.3 is 0 Å². The Balaban J connectivity index is 1.41. The summed E-state index contributed by atoms with van der Waals surface area (Å²) in [5.41, 5.74) is 4.25. The fraction of sp³-hybridized carbons (Fsp3) is 0.321. The minimum absolute atomic E-state index is 0.104. The van der Waals surface area contributed by atoms with Crippen molar-refractivity contribution in [2.24, 2.45) is 0 Å². The fourth-order valence-corrected chi connectivity index (χ4v) is 4.20. The third-order valence-corrected chi connectivity index (χ3v) is 6.20. The summed E-state index contributed by atoms with van der Waals surface area (Å²) in [5, 5.41) is 19.9. The van der Waals surface area contributed by atoms with E-state index >= 15 is 0 Å². The maximum Gasteiger partial charge on any atom is 0.119 e. The van der Waals surface area contributed by atoms with Gasteiger partial charge in [0, 0.05) is 18.4 Å². The molecule has 172 valence electrons. The molecule has 0 aliphatic heterocycles. The molecular weight excluding hydrogens is 412 g/mol. The average molecular weight is 445 g/mol. The summed E-state index contributed by atoms with van der Waals surface area (Å²) in [6, 6.07) is 26.5. The number of para-hydroxylation sites is 2. The lowest BCUT2D eigenvalue weighted by Gasteiger charge is -2.26. The molecule has 2 N–H and O–H groups in total. The van der Waals surface area contributed by atoms with Gasteiger partial charge in [0.1, 0.15) is 24.3 Å². The first-order valence-electron chi connectivity index (χ1n) is 11.5. The highest BCUT2D eigenvalue weighted by Crippen LogP contribution is 2.32. The van der Waals surface area contributed by atoms with Gasteiger partial charge in [0.15, 0.2) is 0 Å². The van der Waals surface area contributed by atoms with Crippen LogP contribution >= 0.6 is 0 Å². The van der Waals surface area contributed by atoms with Gasteiger partial charge in [-0.1, -0.05) is 68.4 Å². The number of aromatic nitrogens is 2. The van der Waals surface area contributed by atoms with E-state index in [0.717, 1.165) is 22.6 Å². The zero-order valence-corrected chi connectivity index (χ0v) is 19.3. The molecule has 3 aromatic carbocycles. The van der Waals surface area contributed by atoms with E-state index in [1.54, 1.807) is 0 Å². The number of benzene rings is 3. The van der Waals surface area contributed by atoms with Gasteiger partial charge in [0.25, 0.3) is 0 Å². The second-order valence-corrected chi connectivity index (χ2v) is 8.93. The second-order valence-electron chi connectivity index (χ2n) is 8.93. The van der Waals surface area contributed by atoms with Gasteiger partial charge in [-0.25, -0.2) is 4.98 Å². The lowest BCUT2D eigenvalue weighted by molar-refractivity contribution is 0.0926. The molecule has 1 unspecified atom stereocenters. The number of aliphatic hydroxyl groups is 2. The van der Waals surface area contributed by atoms with Gasteiger partial charge in [0.2, 0.25) is 0 Å². The van der Waals surface area contributed by atoms with Crippen LogP contribution in [0.1, 0.15) is 37.2 Å². The summed E-state index contributed by atoms with van der Waals surface area (Å²) in [7, 11) is 0. The number of hydrogen-bond acceptors (Lipinski definition) is 4. The van der Waals surface area contributed by atoms with Gasteiger partial charge in [0.05, 0.1) is 17.6 Å². The highest BCUT2D eigenvalue weighted by molar-refractivity contribution is 5.75. The molecule has 1 heterocycles. The Morgan fingerprint density at radius 2 is 1.58 bits per heavy atom. The van der Waals surface area contributed by atoms with Crippen LogP contribution < -0.4 is 4.74 Å². The smallest absolute Gasteiger partial charge is 0.119 e. The topological polar surface area (TPSA) is 67.5 Å². The van der Waals surface area contributed by atoms with Crippen LogP contribution in [0.3, 0.4) is 0 Å². The Morgan fingerprint density at radius 3 is 2.30 bits per heavy atom. The van der Waals surface area contributed by atoms with Crippen LogP contribution in [0.15, 0.2) is 78.9 Å². The van der Waals surface area contributed by atoms with Crippen molar-refractivity contribution in [1.82, 2.24) is 9.55 Å². The predicted molar refractivity (Wildman–Crippen MR) is 132 cm³/mol.